The van der Waals surface area contributed by atoms with Gasteiger partial charge in [-0.2, -0.15) is 0 Å². The predicted molar refractivity (Wildman–Crippen MR) is 151 cm³/mol. The van der Waals surface area contributed by atoms with Crippen molar-refractivity contribution >= 4 is 17.8 Å². The molecule has 11 nitrogen and oxygen atoms in total. The van der Waals surface area contributed by atoms with Crippen LogP contribution in [-0.2, 0) is 35.0 Å². The number of carbonyl (C=O) groups excluding carboxylic acids is 3. The Kier molecular flexibility index (Phi) is 11.5. The van der Waals surface area contributed by atoms with Crippen LogP contribution < -0.4 is 14.8 Å². The Balaban J connectivity index is 1.51. The van der Waals surface area contributed by atoms with Crippen LogP contribution in [-0.4, -0.2) is 74.3 Å². The SMILES string of the molecule is COc1ccnc(C(=O)NC2COCC(Cc3ccccc3)C(OC3CCCCC3)C(C)OC2=O)c1OCOC(C)=O. The summed E-state index contributed by atoms with van der Waals surface area (Å²) in [6.07, 6.45) is 6.58. The predicted octanol–water partition coefficient (Wildman–Crippen LogP) is 3.63. The molecule has 1 saturated heterocycles. The molecular formula is C31H40N2O9. The Labute approximate surface area is 246 Å². The van der Waals surface area contributed by atoms with Gasteiger partial charge in [0.25, 0.3) is 5.91 Å². The Hall–Kier alpha value is -3.70. The van der Waals surface area contributed by atoms with Gasteiger partial charge < -0.3 is 33.7 Å². The van der Waals surface area contributed by atoms with Crippen molar-refractivity contribution in [1.82, 2.24) is 10.3 Å². The number of carbonyl (C=O) groups is 3. The molecule has 11 heteroatoms. The molecular weight excluding hydrogens is 544 g/mol. The van der Waals surface area contributed by atoms with Gasteiger partial charge in [0.1, 0.15) is 6.10 Å². The number of aromatic nitrogens is 1. The lowest BCUT2D eigenvalue weighted by Crippen LogP contribution is -2.47. The van der Waals surface area contributed by atoms with Gasteiger partial charge in [-0.25, -0.2) is 9.78 Å². The van der Waals surface area contributed by atoms with Crippen molar-refractivity contribution in [2.45, 2.75) is 76.7 Å². The molecule has 4 atom stereocenters. The molecule has 1 aliphatic heterocycles. The number of hydrogen-bond acceptors (Lipinski definition) is 10. The highest BCUT2D eigenvalue weighted by molar-refractivity contribution is 5.98. The van der Waals surface area contributed by atoms with Gasteiger partial charge in [-0.1, -0.05) is 49.6 Å². The monoisotopic (exact) mass is 584 g/mol. The largest absolute Gasteiger partial charge is 0.493 e. The van der Waals surface area contributed by atoms with E-state index in [2.05, 4.69) is 22.4 Å². The van der Waals surface area contributed by atoms with Crippen LogP contribution in [0.15, 0.2) is 42.6 Å². The van der Waals surface area contributed by atoms with Gasteiger partial charge >= 0.3 is 11.9 Å². The molecule has 1 aliphatic carbocycles. The number of hydrogen-bond donors (Lipinski definition) is 1. The second-order valence-electron chi connectivity index (χ2n) is 10.6. The minimum absolute atomic E-state index is 0.0339. The number of benzene rings is 1. The lowest BCUT2D eigenvalue weighted by molar-refractivity contribution is -0.166. The van der Waals surface area contributed by atoms with Crippen LogP contribution in [0.5, 0.6) is 11.5 Å². The molecule has 228 valence electrons. The molecule has 1 N–H and O–H groups in total. The topological polar surface area (TPSA) is 132 Å². The van der Waals surface area contributed by atoms with Crippen LogP contribution in [0.3, 0.4) is 0 Å². The summed E-state index contributed by atoms with van der Waals surface area (Å²) in [5, 5.41) is 2.67. The maximum atomic E-state index is 13.3. The van der Waals surface area contributed by atoms with Gasteiger partial charge in [-0.3, -0.25) is 9.59 Å². The molecule has 2 aromatic rings. The Morgan fingerprint density at radius 2 is 1.83 bits per heavy atom. The second kappa shape index (κ2) is 15.5. The van der Waals surface area contributed by atoms with E-state index in [4.69, 9.17) is 28.4 Å². The number of esters is 2. The highest BCUT2D eigenvalue weighted by Gasteiger charge is 2.37. The fourth-order valence-corrected chi connectivity index (χ4v) is 5.34. The smallest absolute Gasteiger partial charge is 0.331 e. The van der Waals surface area contributed by atoms with Gasteiger partial charge in [0, 0.05) is 25.1 Å². The summed E-state index contributed by atoms with van der Waals surface area (Å²) >= 11 is 0. The van der Waals surface area contributed by atoms with Crippen LogP contribution in [0.4, 0.5) is 0 Å². The standard InChI is InChI=1S/C31H40N2O9/c1-20-28(42-24-12-8-5-9-13-24)23(16-22-10-6-4-7-11-22)17-38-18-25(31(36)41-20)33-30(35)27-29(40-19-39-21(2)34)26(37-3)14-15-32-27/h4,6-7,10-11,14-15,20,23-25,28H,5,8-9,12-13,16-19H2,1-3H3,(H,33,35). The fourth-order valence-electron chi connectivity index (χ4n) is 5.34. The lowest BCUT2D eigenvalue weighted by Gasteiger charge is -2.35. The number of nitrogens with zero attached hydrogens (tertiary/aromatic N) is 1. The number of nitrogens with one attached hydrogen (secondary N) is 1. The molecule has 2 fully saturated rings. The molecule has 1 saturated carbocycles. The van der Waals surface area contributed by atoms with E-state index in [9.17, 15) is 14.4 Å². The van der Waals surface area contributed by atoms with E-state index >= 15 is 0 Å². The normalized spacial score (nSPS) is 23.5. The number of ether oxygens (including phenoxy) is 6. The number of rotatable bonds is 10. The third-order valence-corrected chi connectivity index (χ3v) is 7.45. The van der Waals surface area contributed by atoms with E-state index in [-0.39, 0.29) is 41.9 Å². The van der Waals surface area contributed by atoms with Crippen LogP contribution in [0.25, 0.3) is 0 Å². The summed E-state index contributed by atoms with van der Waals surface area (Å²) in [7, 11) is 1.40. The van der Waals surface area contributed by atoms with Gasteiger partial charge in [-0.15, -0.1) is 0 Å². The third-order valence-electron chi connectivity index (χ3n) is 7.45. The summed E-state index contributed by atoms with van der Waals surface area (Å²) in [4.78, 5) is 42.0. The van der Waals surface area contributed by atoms with Gasteiger partial charge in [0.05, 0.1) is 32.5 Å². The molecule has 1 aromatic carbocycles. The van der Waals surface area contributed by atoms with Crippen LogP contribution in [0, 0.1) is 5.92 Å². The Morgan fingerprint density at radius 1 is 1.07 bits per heavy atom. The van der Waals surface area contributed by atoms with Crippen molar-refractivity contribution in [2.75, 3.05) is 27.1 Å². The molecule has 1 amide bonds. The molecule has 0 bridgehead atoms. The quantitative estimate of drug-likeness (QED) is 0.326. The minimum Gasteiger partial charge on any atom is -0.493 e. The first kappa shape index (κ1) is 31.2. The lowest BCUT2D eigenvalue weighted by atomic mass is 9.90. The zero-order chi connectivity index (χ0) is 29.9. The maximum absolute atomic E-state index is 13.3. The van der Waals surface area contributed by atoms with Crippen LogP contribution in [0.1, 0.15) is 62.0 Å². The van der Waals surface area contributed by atoms with Crippen LogP contribution >= 0.6 is 0 Å². The van der Waals surface area contributed by atoms with Crippen molar-refractivity contribution in [3.05, 3.63) is 53.9 Å². The zero-order valence-corrected chi connectivity index (χ0v) is 24.4. The highest BCUT2D eigenvalue weighted by Crippen LogP contribution is 2.31. The molecule has 0 radical (unpaired) electrons. The minimum atomic E-state index is -1.11. The first-order chi connectivity index (χ1) is 20.4. The number of cyclic esters (lactones) is 1. The van der Waals surface area contributed by atoms with Crippen molar-refractivity contribution < 1.29 is 42.8 Å². The highest BCUT2D eigenvalue weighted by atomic mass is 16.7. The molecule has 4 unspecified atom stereocenters. The Bertz CT molecular complexity index is 1190. The zero-order valence-electron chi connectivity index (χ0n) is 24.4. The first-order valence-corrected chi connectivity index (χ1v) is 14.4. The van der Waals surface area contributed by atoms with Gasteiger partial charge in [-0.05, 0) is 31.7 Å². The number of methoxy groups -OCH3 is 1. The number of pyridine rings is 1. The molecule has 1 aromatic heterocycles. The van der Waals surface area contributed by atoms with E-state index < -0.39 is 36.8 Å². The molecule has 2 aliphatic rings. The average molecular weight is 585 g/mol. The first-order valence-electron chi connectivity index (χ1n) is 14.4. The van der Waals surface area contributed by atoms with E-state index in [0.29, 0.717) is 13.0 Å². The molecule has 42 heavy (non-hydrogen) atoms. The van der Waals surface area contributed by atoms with Crippen molar-refractivity contribution in [1.29, 1.82) is 0 Å². The third kappa shape index (κ3) is 8.65. The summed E-state index contributed by atoms with van der Waals surface area (Å²) in [6.45, 7) is 2.82. The van der Waals surface area contributed by atoms with Crippen molar-refractivity contribution in [2.24, 2.45) is 5.92 Å². The molecule has 4 rings (SSSR count). The van der Waals surface area contributed by atoms with Gasteiger partial charge in [0.15, 0.2) is 23.2 Å². The summed E-state index contributed by atoms with van der Waals surface area (Å²) in [5.41, 5.74) is 0.985. The fraction of sp³-hybridized carbons (Fsp3) is 0.548. The summed E-state index contributed by atoms with van der Waals surface area (Å²) in [6, 6.07) is 10.5. The second-order valence-corrected chi connectivity index (χ2v) is 10.6. The summed E-state index contributed by atoms with van der Waals surface area (Å²) < 4.78 is 34.2. The maximum Gasteiger partial charge on any atom is 0.331 e. The van der Waals surface area contributed by atoms with Crippen molar-refractivity contribution in [3.63, 3.8) is 0 Å². The molecule has 2 heterocycles. The van der Waals surface area contributed by atoms with E-state index in [1.165, 1.54) is 32.7 Å². The summed E-state index contributed by atoms with van der Waals surface area (Å²) in [5.74, 6) is -1.81. The van der Waals surface area contributed by atoms with E-state index in [1.807, 2.05) is 25.1 Å². The van der Waals surface area contributed by atoms with E-state index in [0.717, 1.165) is 31.2 Å². The number of amides is 1. The van der Waals surface area contributed by atoms with Crippen LogP contribution in [0.2, 0.25) is 0 Å². The van der Waals surface area contributed by atoms with Gasteiger partial charge in [0.2, 0.25) is 6.79 Å². The molecule has 0 spiro atoms. The Morgan fingerprint density at radius 3 is 2.55 bits per heavy atom. The average Bonchev–Trinajstić information content (AvgIpc) is 3.03. The van der Waals surface area contributed by atoms with Crippen molar-refractivity contribution in [3.8, 4) is 11.5 Å². The van der Waals surface area contributed by atoms with E-state index in [1.54, 1.807) is 0 Å².